The van der Waals surface area contributed by atoms with Crippen LogP contribution in [0.2, 0.25) is 0 Å². The molecule has 1 amide bonds. The van der Waals surface area contributed by atoms with E-state index in [0.29, 0.717) is 34.6 Å². The summed E-state index contributed by atoms with van der Waals surface area (Å²) in [7, 11) is 0. The molecular formula is C24H13F5N8O3. The highest BCUT2D eigenvalue weighted by Crippen LogP contribution is 2.35. The Balaban J connectivity index is 1.49. The molecule has 5 rings (SSSR count). The van der Waals surface area contributed by atoms with Gasteiger partial charge in [-0.2, -0.15) is 13.2 Å². The Morgan fingerprint density at radius 2 is 1.82 bits per heavy atom. The number of alkyl halides is 3. The van der Waals surface area contributed by atoms with Gasteiger partial charge in [0.05, 0.1) is 22.5 Å². The Labute approximate surface area is 219 Å². The van der Waals surface area contributed by atoms with Crippen molar-refractivity contribution >= 4 is 40.0 Å². The summed E-state index contributed by atoms with van der Waals surface area (Å²) in [6.07, 6.45) is -1.02. The quantitative estimate of drug-likeness (QED) is 0.139. The van der Waals surface area contributed by atoms with Gasteiger partial charge in [-0.1, -0.05) is 0 Å². The van der Waals surface area contributed by atoms with Gasteiger partial charge in [-0.05, 0) is 30.3 Å². The maximum Gasteiger partial charge on any atom is 0.416 e. The van der Waals surface area contributed by atoms with Crippen LogP contribution in [0.4, 0.5) is 44.8 Å². The van der Waals surface area contributed by atoms with E-state index in [0.717, 1.165) is 12.1 Å². The smallest absolute Gasteiger partial charge is 0.341 e. The van der Waals surface area contributed by atoms with E-state index in [-0.39, 0.29) is 11.9 Å². The first-order valence-electron chi connectivity index (χ1n) is 11.1. The molecule has 0 aliphatic carbocycles. The molecule has 0 aliphatic rings. The number of aromatic nitrogens is 5. The molecule has 0 spiro atoms. The fraction of sp³-hybridized carbons (Fsp3) is 0.0417. The number of non-ortho nitro benzene ring substituents is 1. The van der Waals surface area contributed by atoms with Crippen LogP contribution in [0.5, 0.6) is 0 Å². The van der Waals surface area contributed by atoms with Gasteiger partial charge in [0.15, 0.2) is 11.5 Å². The highest BCUT2D eigenvalue weighted by molar-refractivity contribution is 6.05. The van der Waals surface area contributed by atoms with Gasteiger partial charge in [-0.25, -0.2) is 28.7 Å². The number of carbonyl (C=O) groups is 1. The topological polar surface area (TPSA) is 152 Å². The Bertz CT molecular complexity index is 1790. The van der Waals surface area contributed by atoms with Gasteiger partial charge in [-0.3, -0.25) is 14.9 Å². The van der Waals surface area contributed by atoms with Crippen molar-refractivity contribution in [1.29, 1.82) is 0 Å². The van der Waals surface area contributed by atoms with Crippen molar-refractivity contribution in [3.8, 4) is 11.3 Å². The number of anilines is 3. The number of nitro benzene ring substituents is 1. The number of fused-ring (bicyclic) bond motifs is 1. The van der Waals surface area contributed by atoms with Crippen LogP contribution < -0.4 is 10.6 Å². The summed E-state index contributed by atoms with van der Waals surface area (Å²) in [6.45, 7) is 0. The lowest BCUT2D eigenvalue weighted by molar-refractivity contribution is -0.385. The summed E-state index contributed by atoms with van der Waals surface area (Å²) >= 11 is 0. The van der Waals surface area contributed by atoms with Gasteiger partial charge in [0, 0.05) is 29.5 Å². The molecule has 3 N–H and O–H groups in total. The number of nitrogens with zero attached hydrogens (tertiary/aromatic N) is 5. The maximum atomic E-state index is 15.4. The molecule has 0 bridgehead atoms. The molecule has 0 unspecified atom stereocenters. The second-order valence-corrected chi connectivity index (χ2v) is 8.11. The van der Waals surface area contributed by atoms with Crippen LogP contribution in [-0.2, 0) is 6.18 Å². The van der Waals surface area contributed by atoms with Crippen LogP contribution in [0.25, 0.3) is 22.4 Å². The summed E-state index contributed by atoms with van der Waals surface area (Å²) in [5.74, 6) is -3.74. The molecule has 11 nitrogen and oxygen atoms in total. The molecule has 0 radical (unpaired) electrons. The largest absolute Gasteiger partial charge is 0.416 e. The van der Waals surface area contributed by atoms with Crippen molar-refractivity contribution in [3.63, 3.8) is 0 Å². The standard InChI is InChI=1S/C24H13F5N8O3/c25-15-3-4-16(35-23(38)11-6-12(24(27,28)29)8-13(7-11)37(39)40)17(26)19(15)36-21-14(2-1-5-30-21)18-20-22(33-9-31-18)34-10-32-20/h1-10H,(H,30,36)(H,35,38)(H,31,32,33,34). The Morgan fingerprint density at radius 1 is 1.02 bits per heavy atom. The molecule has 202 valence electrons. The Kier molecular flexibility index (Phi) is 6.50. The lowest BCUT2D eigenvalue weighted by Crippen LogP contribution is -2.16. The molecule has 0 aliphatic heterocycles. The molecule has 0 saturated heterocycles. The van der Waals surface area contributed by atoms with Crippen LogP contribution in [0.15, 0.2) is 61.3 Å². The molecule has 16 heteroatoms. The third kappa shape index (κ3) is 4.96. The number of rotatable bonds is 6. The van der Waals surface area contributed by atoms with E-state index in [4.69, 9.17) is 0 Å². The number of pyridine rings is 1. The van der Waals surface area contributed by atoms with Gasteiger partial charge in [0.2, 0.25) is 0 Å². The number of hydrogen-bond donors (Lipinski definition) is 3. The second-order valence-electron chi connectivity index (χ2n) is 8.11. The van der Waals surface area contributed by atoms with Gasteiger partial charge in [0.25, 0.3) is 11.6 Å². The third-order valence-corrected chi connectivity index (χ3v) is 5.59. The SMILES string of the molecule is O=C(Nc1ccc(F)c(Nc2ncccc2-c2ncnc3nc[nH]c23)c1F)c1cc([N+](=O)[O-])cc(C(F)(F)F)c1. The number of amides is 1. The molecule has 5 aromatic rings. The monoisotopic (exact) mass is 556 g/mol. The van der Waals surface area contributed by atoms with Gasteiger partial charge in [0.1, 0.15) is 34.9 Å². The minimum atomic E-state index is -4.99. The van der Waals surface area contributed by atoms with Crippen molar-refractivity contribution in [1.82, 2.24) is 24.9 Å². The summed E-state index contributed by atoms with van der Waals surface area (Å²) in [5, 5.41) is 15.6. The first-order valence-corrected chi connectivity index (χ1v) is 11.1. The number of carbonyl (C=O) groups excluding carboxylic acids is 1. The zero-order valence-electron chi connectivity index (χ0n) is 19.6. The van der Waals surface area contributed by atoms with Crippen molar-refractivity contribution in [2.45, 2.75) is 6.18 Å². The first kappa shape index (κ1) is 26.1. The predicted octanol–water partition coefficient (Wildman–Crippen LogP) is 5.62. The molecule has 0 atom stereocenters. The van der Waals surface area contributed by atoms with E-state index in [2.05, 4.69) is 30.2 Å². The molecule has 40 heavy (non-hydrogen) atoms. The number of nitrogens with one attached hydrogen (secondary N) is 3. The number of imidazole rings is 1. The van der Waals surface area contributed by atoms with Gasteiger partial charge < -0.3 is 15.6 Å². The molecular weight excluding hydrogens is 543 g/mol. The number of hydrogen-bond acceptors (Lipinski definition) is 8. The van der Waals surface area contributed by atoms with Gasteiger partial charge in [-0.15, -0.1) is 0 Å². The maximum absolute atomic E-state index is 15.4. The summed E-state index contributed by atoms with van der Waals surface area (Å²) in [6, 6.07) is 6.01. The normalized spacial score (nSPS) is 11.4. The lowest BCUT2D eigenvalue weighted by atomic mass is 10.1. The zero-order chi connectivity index (χ0) is 28.6. The van der Waals surface area contributed by atoms with E-state index >= 15 is 4.39 Å². The van der Waals surface area contributed by atoms with Crippen molar-refractivity contribution in [3.05, 3.63) is 94.2 Å². The van der Waals surface area contributed by atoms with Crippen LogP contribution in [0.3, 0.4) is 0 Å². The van der Waals surface area contributed by atoms with E-state index < -0.39 is 56.8 Å². The summed E-state index contributed by atoms with van der Waals surface area (Å²) in [4.78, 5) is 41.9. The molecule has 3 heterocycles. The van der Waals surface area contributed by atoms with Crippen molar-refractivity contribution < 1.29 is 31.7 Å². The van der Waals surface area contributed by atoms with Crippen LogP contribution in [0, 0.1) is 21.7 Å². The molecule has 0 saturated carbocycles. The van der Waals surface area contributed by atoms with Crippen LogP contribution >= 0.6 is 0 Å². The molecule has 3 aromatic heterocycles. The van der Waals surface area contributed by atoms with Crippen LogP contribution in [-0.4, -0.2) is 35.8 Å². The summed E-state index contributed by atoms with van der Waals surface area (Å²) in [5.41, 5.74) is -3.20. The van der Waals surface area contributed by atoms with E-state index in [9.17, 15) is 32.5 Å². The first-order chi connectivity index (χ1) is 19.0. The fourth-order valence-corrected chi connectivity index (χ4v) is 3.75. The van der Waals surface area contributed by atoms with Crippen molar-refractivity contribution in [2.75, 3.05) is 10.6 Å². The lowest BCUT2D eigenvalue weighted by Gasteiger charge is -2.15. The zero-order valence-corrected chi connectivity index (χ0v) is 19.6. The number of H-pyrrole nitrogens is 1. The minimum absolute atomic E-state index is 0.0353. The fourth-order valence-electron chi connectivity index (χ4n) is 3.75. The highest BCUT2D eigenvalue weighted by Gasteiger charge is 2.33. The average molecular weight is 556 g/mol. The van der Waals surface area contributed by atoms with E-state index in [1.807, 2.05) is 5.32 Å². The second kappa shape index (κ2) is 9.97. The Hall–Kier alpha value is -5.54. The van der Waals surface area contributed by atoms with E-state index in [1.54, 1.807) is 12.1 Å². The minimum Gasteiger partial charge on any atom is -0.341 e. The number of nitro groups is 1. The number of halogens is 5. The highest BCUT2D eigenvalue weighted by atomic mass is 19.4. The van der Waals surface area contributed by atoms with Gasteiger partial charge >= 0.3 is 6.18 Å². The number of benzene rings is 2. The molecule has 2 aromatic carbocycles. The average Bonchev–Trinajstić information content (AvgIpc) is 3.41. The Morgan fingerprint density at radius 3 is 2.58 bits per heavy atom. The number of aromatic amines is 1. The summed E-state index contributed by atoms with van der Waals surface area (Å²) < 4.78 is 69.8. The van der Waals surface area contributed by atoms with Crippen LogP contribution in [0.1, 0.15) is 15.9 Å². The van der Waals surface area contributed by atoms with E-state index in [1.165, 1.54) is 18.9 Å². The predicted molar refractivity (Wildman–Crippen MR) is 131 cm³/mol. The molecule has 0 fully saturated rings. The third-order valence-electron chi connectivity index (χ3n) is 5.59. The van der Waals surface area contributed by atoms with Crippen molar-refractivity contribution in [2.24, 2.45) is 0 Å².